The van der Waals surface area contributed by atoms with Crippen molar-refractivity contribution in [3.05, 3.63) is 35.9 Å². The Balaban J connectivity index is 2.03. The van der Waals surface area contributed by atoms with Crippen LogP contribution in [0.1, 0.15) is 18.0 Å². The van der Waals surface area contributed by atoms with Crippen molar-refractivity contribution < 1.29 is 4.39 Å². The van der Waals surface area contributed by atoms with Crippen molar-refractivity contribution in [3.63, 3.8) is 0 Å². The normalized spacial score (nSPS) is 23.2. The number of rotatable bonds is 4. The first-order valence-corrected chi connectivity index (χ1v) is 6.24. The molecule has 0 saturated carbocycles. The predicted octanol–water partition coefficient (Wildman–Crippen LogP) is 2.33. The zero-order valence-electron chi connectivity index (χ0n) is 10.6. The van der Waals surface area contributed by atoms with Gasteiger partial charge in [-0.1, -0.05) is 30.3 Å². The molecule has 0 N–H and O–H groups in total. The van der Waals surface area contributed by atoms with Crippen LogP contribution in [0.25, 0.3) is 0 Å². The number of halogens is 1. The third kappa shape index (κ3) is 3.27. The molecule has 0 spiro atoms. The van der Waals surface area contributed by atoms with E-state index in [2.05, 4.69) is 48.2 Å². The molecule has 1 fully saturated rings. The molecule has 0 aliphatic carbocycles. The van der Waals surface area contributed by atoms with Crippen molar-refractivity contribution in [3.8, 4) is 0 Å². The van der Waals surface area contributed by atoms with Crippen LogP contribution < -0.4 is 0 Å². The molecule has 2 unspecified atom stereocenters. The third-order valence-electron chi connectivity index (χ3n) is 3.45. The van der Waals surface area contributed by atoms with E-state index in [1.54, 1.807) is 0 Å². The molecule has 1 aliphatic heterocycles. The molecule has 17 heavy (non-hydrogen) atoms. The first-order valence-electron chi connectivity index (χ1n) is 6.24. The first kappa shape index (κ1) is 12.5. The smallest absolute Gasteiger partial charge is 0.114 e. The summed E-state index contributed by atoms with van der Waals surface area (Å²) in [7, 11) is 4.17. The fraction of sp³-hybridized carbons (Fsp3) is 0.571. The van der Waals surface area contributed by atoms with Gasteiger partial charge in [0.25, 0.3) is 0 Å². The van der Waals surface area contributed by atoms with Gasteiger partial charge in [0.1, 0.15) is 6.17 Å². The highest BCUT2D eigenvalue weighted by Gasteiger charge is 2.25. The summed E-state index contributed by atoms with van der Waals surface area (Å²) >= 11 is 0. The molecule has 1 aliphatic rings. The molecule has 1 aromatic rings. The van der Waals surface area contributed by atoms with Gasteiger partial charge in [0.15, 0.2) is 0 Å². The quantitative estimate of drug-likeness (QED) is 0.791. The van der Waals surface area contributed by atoms with Crippen LogP contribution in [0.2, 0.25) is 0 Å². The molecule has 0 amide bonds. The topological polar surface area (TPSA) is 6.48 Å². The highest BCUT2D eigenvalue weighted by Crippen LogP contribution is 2.22. The maximum absolute atomic E-state index is 13.2. The van der Waals surface area contributed by atoms with Gasteiger partial charge in [0.2, 0.25) is 0 Å². The lowest BCUT2D eigenvalue weighted by Gasteiger charge is -2.29. The van der Waals surface area contributed by atoms with Crippen LogP contribution in [0.4, 0.5) is 4.39 Å². The number of hydrogen-bond donors (Lipinski definition) is 0. The van der Waals surface area contributed by atoms with E-state index >= 15 is 0 Å². The minimum Gasteiger partial charge on any atom is -0.301 e. The molecule has 94 valence electrons. The molecule has 1 saturated heterocycles. The van der Waals surface area contributed by atoms with E-state index in [9.17, 15) is 4.39 Å². The average molecular weight is 236 g/mol. The van der Waals surface area contributed by atoms with Gasteiger partial charge in [-0.05, 0) is 26.1 Å². The van der Waals surface area contributed by atoms with E-state index in [1.165, 1.54) is 5.56 Å². The van der Waals surface area contributed by atoms with Gasteiger partial charge < -0.3 is 4.90 Å². The van der Waals surface area contributed by atoms with Crippen molar-refractivity contribution in [1.82, 2.24) is 9.80 Å². The molecular weight excluding hydrogens is 215 g/mol. The van der Waals surface area contributed by atoms with Crippen molar-refractivity contribution in [2.24, 2.45) is 0 Å². The first-order chi connectivity index (χ1) is 8.16. The minimum absolute atomic E-state index is 0.349. The van der Waals surface area contributed by atoms with Gasteiger partial charge in [0.05, 0.1) is 0 Å². The molecule has 3 heteroatoms. The fourth-order valence-corrected chi connectivity index (χ4v) is 2.44. The Labute approximate surface area is 103 Å². The summed E-state index contributed by atoms with van der Waals surface area (Å²) in [4.78, 5) is 4.43. The van der Waals surface area contributed by atoms with Crippen molar-refractivity contribution in [1.29, 1.82) is 0 Å². The highest BCUT2D eigenvalue weighted by atomic mass is 19.1. The molecule has 0 radical (unpaired) electrons. The van der Waals surface area contributed by atoms with Gasteiger partial charge in [-0.25, -0.2) is 4.39 Å². The maximum Gasteiger partial charge on any atom is 0.114 e. The molecule has 0 aromatic heterocycles. The monoisotopic (exact) mass is 236 g/mol. The Morgan fingerprint density at radius 1 is 1.35 bits per heavy atom. The summed E-state index contributed by atoms with van der Waals surface area (Å²) < 4.78 is 13.2. The Hall–Kier alpha value is -0.930. The standard InChI is InChI=1S/C14H21FN2/c1-16(2)14(12-6-4-3-5-7-12)11-17-9-8-13(15)10-17/h3-7,13-14H,8-11H2,1-2H3. The molecular formula is C14H21FN2. The molecule has 1 aromatic carbocycles. The van der Waals surface area contributed by atoms with Crippen molar-refractivity contribution >= 4 is 0 Å². The second kappa shape index (κ2) is 5.61. The Morgan fingerprint density at radius 2 is 2.06 bits per heavy atom. The number of likely N-dealkylation sites (N-methyl/N-ethyl adjacent to an activating group) is 1. The SMILES string of the molecule is CN(C)C(CN1CCC(F)C1)c1ccccc1. The third-order valence-corrected chi connectivity index (χ3v) is 3.45. The van der Waals surface area contributed by atoms with Gasteiger partial charge in [-0.2, -0.15) is 0 Å². The number of nitrogens with zero attached hydrogens (tertiary/aromatic N) is 2. The summed E-state index contributed by atoms with van der Waals surface area (Å²) in [6, 6.07) is 10.8. The van der Waals surface area contributed by atoms with Crippen LogP contribution in [0.15, 0.2) is 30.3 Å². The summed E-state index contributed by atoms with van der Waals surface area (Å²) in [5.74, 6) is 0. The van der Waals surface area contributed by atoms with Gasteiger partial charge in [-0.3, -0.25) is 4.90 Å². The van der Waals surface area contributed by atoms with E-state index in [1.807, 2.05) is 6.07 Å². The lowest BCUT2D eigenvalue weighted by molar-refractivity contribution is 0.199. The van der Waals surface area contributed by atoms with Crippen LogP contribution >= 0.6 is 0 Å². The second-order valence-corrected chi connectivity index (χ2v) is 5.04. The molecule has 0 bridgehead atoms. The zero-order chi connectivity index (χ0) is 12.3. The Morgan fingerprint density at radius 3 is 2.59 bits per heavy atom. The molecule has 1 heterocycles. The van der Waals surface area contributed by atoms with Gasteiger partial charge in [-0.15, -0.1) is 0 Å². The summed E-state index contributed by atoms with van der Waals surface area (Å²) in [5, 5.41) is 0. The Kier molecular flexibility index (Phi) is 4.13. The van der Waals surface area contributed by atoms with E-state index in [-0.39, 0.29) is 0 Å². The van der Waals surface area contributed by atoms with Crippen LogP contribution in [0.5, 0.6) is 0 Å². The largest absolute Gasteiger partial charge is 0.301 e. The van der Waals surface area contributed by atoms with Crippen LogP contribution in [0, 0.1) is 0 Å². The fourth-order valence-electron chi connectivity index (χ4n) is 2.44. The molecule has 2 atom stereocenters. The van der Waals surface area contributed by atoms with E-state index in [0.717, 1.165) is 13.1 Å². The lowest BCUT2D eigenvalue weighted by atomic mass is 10.1. The van der Waals surface area contributed by atoms with Crippen molar-refractivity contribution in [2.75, 3.05) is 33.7 Å². The number of alkyl halides is 1. The number of benzene rings is 1. The van der Waals surface area contributed by atoms with Gasteiger partial charge >= 0.3 is 0 Å². The van der Waals surface area contributed by atoms with E-state index in [0.29, 0.717) is 19.0 Å². The maximum atomic E-state index is 13.2. The number of likely N-dealkylation sites (tertiary alicyclic amines) is 1. The van der Waals surface area contributed by atoms with Gasteiger partial charge in [0, 0.05) is 25.7 Å². The zero-order valence-corrected chi connectivity index (χ0v) is 10.6. The minimum atomic E-state index is -0.631. The Bertz CT molecular complexity index is 339. The van der Waals surface area contributed by atoms with E-state index in [4.69, 9.17) is 0 Å². The second-order valence-electron chi connectivity index (χ2n) is 5.04. The van der Waals surface area contributed by atoms with Crippen LogP contribution in [0.3, 0.4) is 0 Å². The predicted molar refractivity (Wildman–Crippen MR) is 68.8 cm³/mol. The van der Waals surface area contributed by atoms with E-state index < -0.39 is 6.17 Å². The highest BCUT2D eigenvalue weighted by molar-refractivity contribution is 5.19. The molecule has 2 rings (SSSR count). The number of hydrogen-bond acceptors (Lipinski definition) is 2. The summed E-state index contributed by atoms with van der Waals surface area (Å²) in [6.07, 6.45) is 0.0585. The summed E-state index contributed by atoms with van der Waals surface area (Å²) in [6.45, 7) is 2.40. The van der Waals surface area contributed by atoms with Crippen LogP contribution in [-0.2, 0) is 0 Å². The molecule has 2 nitrogen and oxygen atoms in total. The van der Waals surface area contributed by atoms with Crippen LogP contribution in [-0.4, -0.2) is 49.7 Å². The average Bonchev–Trinajstić information content (AvgIpc) is 2.73. The lowest BCUT2D eigenvalue weighted by Crippen LogP contribution is -2.33. The summed E-state index contributed by atoms with van der Waals surface area (Å²) in [5.41, 5.74) is 1.31. The van der Waals surface area contributed by atoms with Crippen molar-refractivity contribution in [2.45, 2.75) is 18.6 Å².